The molecule has 2 heterocycles. The maximum atomic E-state index is 12.2. The molecule has 2 aliphatic rings. The molecule has 2 aliphatic heterocycles. The highest BCUT2D eigenvalue weighted by Crippen LogP contribution is 2.31. The van der Waals surface area contributed by atoms with Crippen molar-refractivity contribution in [2.24, 2.45) is 5.92 Å². The van der Waals surface area contributed by atoms with E-state index in [9.17, 15) is 18.0 Å². The van der Waals surface area contributed by atoms with Gasteiger partial charge in [-0.2, -0.15) is 0 Å². The van der Waals surface area contributed by atoms with Gasteiger partial charge in [-0.15, -0.1) is 11.8 Å². The van der Waals surface area contributed by atoms with Crippen molar-refractivity contribution in [3.05, 3.63) is 0 Å². The van der Waals surface area contributed by atoms with Crippen molar-refractivity contribution in [2.45, 2.75) is 31.2 Å². The highest BCUT2D eigenvalue weighted by molar-refractivity contribution is 8.00. The molecular formula is C11H17NO5S2. The van der Waals surface area contributed by atoms with Crippen molar-refractivity contribution < 1.29 is 23.1 Å². The Morgan fingerprint density at radius 1 is 1.42 bits per heavy atom. The Hall–Kier alpha value is -0.760. The first-order chi connectivity index (χ1) is 8.80. The van der Waals surface area contributed by atoms with Crippen LogP contribution >= 0.6 is 11.8 Å². The van der Waals surface area contributed by atoms with E-state index in [1.54, 1.807) is 6.92 Å². The summed E-state index contributed by atoms with van der Waals surface area (Å²) < 4.78 is 22.7. The van der Waals surface area contributed by atoms with Crippen LogP contribution in [-0.4, -0.2) is 59.0 Å². The summed E-state index contributed by atoms with van der Waals surface area (Å²) in [5, 5.41) is 8.93. The number of sulfone groups is 1. The second kappa shape index (κ2) is 5.32. The van der Waals surface area contributed by atoms with Crippen LogP contribution in [0.5, 0.6) is 0 Å². The quantitative estimate of drug-likeness (QED) is 0.800. The maximum Gasteiger partial charge on any atom is 0.327 e. The van der Waals surface area contributed by atoms with Crippen molar-refractivity contribution in [1.29, 1.82) is 0 Å². The molecule has 0 aliphatic carbocycles. The molecule has 3 unspecified atom stereocenters. The van der Waals surface area contributed by atoms with Crippen molar-refractivity contribution in [3.63, 3.8) is 0 Å². The zero-order valence-electron chi connectivity index (χ0n) is 10.6. The molecule has 0 aromatic heterocycles. The average Bonchev–Trinajstić information content (AvgIpc) is 2.81. The monoisotopic (exact) mass is 307 g/mol. The molecule has 6 nitrogen and oxygen atoms in total. The molecule has 2 saturated heterocycles. The van der Waals surface area contributed by atoms with Crippen LogP contribution < -0.4 is 0 Å². The Morgan fingerprint density at radius 3 is 2.63 bits per heavy atom. The third-order valence-electron chi connectivity index (χ3n) is 3.59. The van der Waals surface area contributed by atoms with Crippen LogP contribution in [0.2, 0.25) is 0 Å². The number of hydrogen-bond acceptors (Lipinski definition) is 5. The molecular weight excluding hydrogens is 290 g/mol. The Balaban J connectivity index is 2.01. The Morgan fingerprint density at radius 2 is 2.11 bits per heavy atom. The van der Waals surface area contributed by atoms with Gasteiger partial charge in [0.1, 0.15) is 6.04 Å². The smallest absolute Gasteiger partial charge is 0.327 e. The SMILES string of the molecule is CC1SCC(C(=O)O)N1C(=O)CC1CCS(=O)(=O)C1. The Bertz CT molecular complexity index is 489. The van der Waals surface area contributed by atoms with Crippen LogP contribution in [0.25, 0.3) is 0 Å². The van der Waals surface area contributed by atoms with Gasteiger partial charge in [-0.3, -0.25) is 4.79 Å². The zero-order valence-corrected chi connectivity index (χ0v) is 12.2. The van der Waals surface area contributed by atoms with E-state index in [1.165, 1.54) is 16.7 Å². The van der Waals surface area contributed by atoms with Crippen LogP contribution in [0.3, 0.4) is 0 Å². The molecule has 2 fully saturated rings. The molecule has 1 amide bonds. The van der Waals surface area contributed by atoms with E-state index in [2.05, 4.69) is 0 Å². The van der Waals surface area contributed by atoms with E-state index in [-0.39, 0.29) is 35.1 Å². The summed E-state index contributed by atoms with van der Waals surface area (Å²) in [6.07, 6.45) is 0.634. The van der Waals surface area contributed by atoms with Gasteiger partial charge in [-0.1, -0.05) is 0 Å². The second-order valence-corrected chi connectivity index (χ2v) is 8.64. The van der Waals surface area contributed by atoms with Crippen molar-refractivity contribution in [1.82, 2.24) is 4.90 Å². The number of aliphatic carboxylic acids is 1. The third kappa shape index (κ3) is 3.22. The lowest BCUT2D eigenvalue weighted by Crippen LogP contribution is -2.45. The molecule has 0 bridgehead atoms. The Kier molecular flexibility index (Phi) is 4.10. The molecule has 0 spiro atoms. The zero-order chi connectivity index (χ0) is 14.2. The predicted octanol–water partition coefficient (Wildman–Crippen LogP) is 0.186. The maximum absolute atomic E-state index is 12.2. The van der Waals surface area contributed by atoms with Gasteiger partial charge in [-0.05, 0) is 19.3 Å². The summed E-state index contributed by atoms with van der Waals surface area (Å²) in [4.78, 5) is 24.7. The summed E-state index contributed by atoms with van der Waals surface area (Å²) in [6, 6.07) is -0.787. The van der Waals surface area contributed by atoms with E-state index in [4.69, 9.17) is 5.11 Å². The standard InChI is InChI=1S/C11H17NO5S2/c1-7-12(9(5-18-7)11(14)15)10(13)4-8-2-3-19(16,17)6-8/h7-9H,2-6H2,1H3,(H,14,15). The fraction of sp³-hybridized carbons (Fsp3) is 0.818. The second-order valence-electron chi connectivity index (χ2n) is 5.06. The summed E-state index contributed by atoms with van der Waals surface area (Å²) in [7, 11) is -3.00. The molecule has 0 aromatic rings. The highest BCUT2D eigenvalue weighted by Gasteiger charge is 2.40. The van der Waals surface area contributed by atoms with Gasteiger partial charge in [0.15, 0.2) is 9.84 Å². The summed E-state index contributed by atoms with van der Waals surface area (Å²) in [5.41, 5.74) is 0. The van der Waals surface area contributed by atoms with E-state index < -0.39 is 21.8 Å². The van der Waals surface area contributed by atoms with Crippen LogP contribution in [0.4, 0.5) is 0 Å². The topological polar surface area (TPSA) is 91.8 Å². The number of carbonyl (C=O) groups is 2. The molecule has 0 saturated carbocycles. The van der Waals surface area contributed by atoms with Gasteiger partial charge in [-0.25, -0.2) is 13.2 Å². The fourth-order valence-electron chi connectivity index (χ4n) is 2.60. The average molecular weight is 307 g/mol. The number of carboxylic acid groups (broad SMARTS) is 1. The van der Waals surface area contributed by atoms with Crippen molar-refractivity contribution in [2.75, 3.05) is 17.3 Å². The molecule has 108 valence electrons. The lowest BCUT2D eigenvalue weighted by molar-refractivity contribution is -0.149. The van der Waals surface area contributed by atoms with Gasteiger partial charge in [0, 0.05) is 12.2 Å². The van der Waals surface area contributed by atoms with Gasteiger partial charge >= 0.3 is 5.97 Å². The fourth-order valence-corrected chi connectivity index (χ4v) is 5.65. The number of hydrogen-bond donors (Lipinski definition) is 1. The van der Waals surface area contributed by atoms with Gasteiger partial charge < -0.3 is 10.0 Å². The summed E-state index contributed by atoms with van der Waals surface area (Å²) >= 11 is 1.43. The van der Waals surface area contributed by atoms with Crippen molar-refractivity contribution in [3.8, 4) is 0 Å². The molecule has 0 radical (unpaired) electrons. The predicted molar refractivity (Wildman–Crippen MR) is 71.6 cm³/mol. The van der Waals surface area contributed by atoms with Crippen LogP contribution in [0.15, 0.2) is 0 Å². The molecule has 2 rings (SSSR count). The minimum Gasteiger partial charge on any atom is -0.480 e. The lowest BCUT2D eigenvalue weighted by atomic mass is 10.0. The van der Waals surface area contributed by atoms with E-state index in [0.29, 0.717) is 12.2 Å². The number of amides is 1. The van der Waals surface area contributed by atoms with Gasteiger partial charge in [0.2, 0.25) is 5.91 Å². The van der Waals surface area contributed by atoms with Crippen LogP contribution in [0.1, 0.15) is 19.8 Å². The van der Waals surface area contributed by atoms with E-state index in [0.717, 1.165) is 0 Å². The number of carboxylic acids is 1. The summed E-state index contributed by atoms with van der Waals surface area (Å²) in [5.74, 6) is -0.824. The van der Waals surface area contributed by atoms with E-state index >= 15 is 0 Å². The molecule has 19 heavy (non-hydrogen) atoms. The minimum atomic E-state index is -3.00. The summed E-state index contributed by atoms with van der Waals surface area (Å²) in [6.45, 7) is 1.80. The number of nitrogens with zero attached hydrogens (tertiary/aromatic N) is 1. The van der Waals surface area contributed by atoms with E-state index in [1.807, 2.05) is 0 Å². The molecule has 8 heteroatoms. The molecule has 0 aromatic carbocycles. The first kappa shape index (κ1) is 14.6. The highest BCUT2D eigenvalue weighted by atomic mass is 32.2. The minimum absolute atomic E-state index is 0.0475. The van der Waals surface area contributed by atoms with Crippen LogP contribution in [-0.2, 0) is 19.4 Å². The first-order valence-electron chi connectivity index (χ1n) is 6.16. The van der Waals surface area contributed by atoms with Crippen molar-refractivity contribution >= 4 is 33.5 Å². The lowest BCUT2D eigenvalue weighted by Gasteiger charge is -2.26. The largest absolute Gasteiger partial charge is 0.480 e. The van der Waals surface area contributed by atoms with Crippen LogP contribution in [0, 0.1) is 5.92 Å². The normalized spacial score (nSPS) is 33.5. The van der Waals surface area contributed by atoms with Gasteiger partial charge in [0.25, 0.3) is 0 Å². The van der Waals surface area contributed by atoms with Gasteiger partial charge in [0.05, 0.1) is 16.9 Å². The number of carbonyl (C=O) groups excluding carboxylic acids is 1. The Labute approximate surface area is 116 Å². The molecule has 3 atom stereocenters. The molecule has 1 N–H and O–H groups in total. The first-order valence-corrected chi connectivity index (χ1v) is 9.03. The third-order valence-corrected chi connectivity index (χ3v) is 6.64. The number of thioether (sulfide) groups is 1. The number of rotatable bonds is 3.